The van der Waals surface area contributed by atoms with E-state index in [-0.39, 0.29) is 12.1 Å². The van der Waals surface area contributed by atoms with Crippen molar-refractivity contribution in [2.24, 2.45) is 0 Å². The van der Waals surface area contributed by atoms with E-state index < -0.39 is 18.2 Å². The van der Waals surface area contributed by atoms with Crippen LogP contribution < -0.4 is 11.2 Å². The van der Waals surface area contributed by atoms with Crippen LogP contribution in [0.2, 0.25) is 0 Å². The number of aliphatic carboxylic acids is 1. The molecule has 0 aliphatic rings. The SMILES string of the molecule is O=C(O)Cn1c(=O)n(CCc2ccccc2)c(=O)c2ccsc21. The lowest BCUT2D eigenvalue weighted by molar-refractivity contribution is -0.137. The van der Waals surface area contributed by atoms with Crippen molar-refractivity contribution in [2.75, 3.05) is 0 Å². The van der Waals surface area contributed by atoms with Gasteiger partial charge in [0.15, 0.2) is 0 Å². The van der Waals surface area contributed by atoms with Gasteiger partial charge >= 0.3 is 11.7 Å². The molecule has 0 fully saturated rings. The van der Waals surface area contributed by atoms with Crippen LogP contribution in [-0.2, 0) is 24.3 Å². The Morgan fingerprint density at radius 1 is 1.09 bits per heavy atom. The number of aromatic nitrogens is 2. The molecule has 1 N–H and O–H groups in total. The molecule has 0 radical (unpaired) electrons. The van der Waals surface area contributed by atoms with Crippen LogP contribution in [0.3, 0.4) is 0 Å². The highest BCUT2D eigenvalue weighted by atomic mass is 32.1. The normalized spacial score (nSPS) is 11.0. The van der Waals surface area contributed by atoms with Crippen molar-refractivity contribution in [1.82, 2.24) is 9.13 Å². The van der Waals surface area contributed by atoms with E-state index in [0.717, 1.165) is 14.7 Å². The van der Waals surface area contributed by atoms with Gasteiger partial charge in [-0.1, -0.05) is 30.3 Å². The molecule has 0 saturated carbocycles. The molecule has 2 aromatic heterocycles. The topological polar surface area (TPSA) is 81.3 Å². The third kappa shape index (κ3) is 2.95. The highest BCUT2D eigenvalue weighted by Crippen LogP contribution is 2.15. The minimum atomic E-state index is -1.12. The summed E-state index contributed by atoms with van der Waals surface area (Å²) >= 11 is 1.19. The molecule has 1 aromatic carbocycles. The molecule has 0 aliphatic heterocycles. The second kappa shape index (κ2) is 6.21. The molecule has 118 valence electrons. The fourth-order valence-electron chi connectivity index (χ4n) is 2.50. The summed E-state index contributed by atoms with van der Waals surface area (Å²) in [7, 11) is 0. The molecule has 2 heterocycles. The van der Waals surface area contributed by atoms with E-state index >= 15 is 0 Å². The van der Waals surface area contributed by atoms with Gasteiger partial charge in [0, 0.05) is 6.54 Å². The van der Waals surface area contributed by atoms with Crippen LogP contribution in [-0.4, -0.2) is 20.2 Å². The van der Waals surface area contributed by atoms with Gasteiger partial charge < -0.3 is 5.11 Å². The van der Waals surface area contributed by atoms with Gasteiger partial charge in [-0.2, -0.15) is 0 Å². The molecular formula is C16H14N2O4S. The molecule has 7 heteroatoms. The maximum Gasteiger partial charge on any atom is 0.332 e. The molecular weight excluding hydrogens is 316 g/mol. The van der Waals surface area contributed by atoms with Crippen LogP contribution in [0.25, 0.3) is 10.2 Å². The van der Waals surface area contributed by atoms with Crippen molar-refractivity contribution in [3.05, 3.63) is 68.2 Å². The quantitative estimate of drug-likeness (QED) is 0.769. The molecule has 0 spiro atoms. The second-order valence-electron chi connectivity index (χ2n) is 5.09. The molecule has 0 atom stereocenters. The minimum absolute atomic E-state index is 0.215. The molecule has 0 bridgehead atoms. The van der Waals surface area contributed by atoms with Gasteiger partial charge in [-0.3, -0.25) is 18.7 Å². The van der Waals surface area contributed by atoms with E-state index in [1.54, 1.807) is 11.4 Å². The molecule has 0 unspecified atom stereocenters. The Morgan fingerprint density at radius 2 is 1.83 bits per heavy atom. The molecule has 3 aromatic rings. The molecule has 3 rings (SSSR count). The molecule has 6 nitrogen and oxygen atoms in total. The van der Waals surface area contributed by atoms with Gasteiger partial charge in [0.25, 0.3) is 5.56 Å². The van der Waals surface area contributed by atoms with E-state index in [1.807, 2.05) is 30.3 Å². The Morgan fingerprint density at radius 3 is 2.52 bits per heavy atom. The lowest BCUT2D eigenvalue weighted by Gasteiger charge is -2.10. The number of thiophene rings is 1. The Balaban J connectivity index is 2.07. The van der Waals surface area contributed by atoms with E-state index in [4.69, 9.17) is 5.11 Å². The van der Waals surface area contributed by atoms with Gasteiger partial charge in [-0.15, -0.1) is 11.3 Å². The second-order valence-corrected chi connectivity index (χ2v) is 5.99. The number of fused-ring (bicyclic) bond motifs is 1. The average Bonchev–Trinajstić information content (AvgIpc) is 3.02. The standard InChI is InChI=1S/C16H14N2O4S/c19-13(20)10-18-15-12(7-9-23-15)14(21)17(16(18)22)8-6-11-4-2-1-3-5-11/h1-5,7,9H,6,8,10H2,(H,19,20). The van der Waals surface area contributed by atoms with E-state index in [9.17, 15) is 14.4 Å². The highest BCUT2D eigenvalue weighted by Gasteiger charge is 2.15. The van der Waals surface area contributed by atoms with E-state index in [0.29, 0.717) is 16.6 Å². The van der Waals surface area contributed by atoms with Gasteiger partial charge in [0.05, 0.1) is 5.39 Å². The lowest BCUT2D eigenvalue weighted by atomic mass is 10.1. The summed E-state index contributed by atoms with van der Waals surface area (Å²) in [5.41, 5.74) is 0.0566. The fourth-order valence-corrected chi connectivity index (χ4v) is 3.38. The van der Waals surface area contributed by atoms with Gasteiger partial charge in [-0.05, 0) is 23.4 Å². The predicted molar refractivity (Wildman–Crippen MR) is 88.1 cm³/mol. The number of carbonyl (C=O) groups is 1. The van der Waals surface area contributed by atoms with Crippen molar-refractivity contribution in [1.29, 1.82) is 0 Å². The van der Waals surface area contributed by atoms with Gasteiger partial charge in [0.1, 0.15) is 11.4 Å². The third-order valence-electron chi connectivity index (χ3n) is 3.59. The monoisotopic (exact) mass is 330 g/mol. The molecule has 0 saturated heterocycles. The van der Waals surface area contributed by atoms with Crippen molar-refractivity contribution in [3.8, 4) is 0 Å². The first kappa shape index (κ1) is 15.2. The Hall–Kier alpha value is -2.67. The first-order valence-corrected chi connectivity index (χ1v) is 7.92. The summed E-state index contributed by atoms with van der Waals surface area (Å²) in [6, 6.07) is 11.1. The van der Waals surface area contributed by atoms with Crippen molar-refractivity contribution in [2.45, 2.75) is 19.5 Å². The van der Waals surface area contributed by atoms with Crippen LogP contribution in [0.5, 0.6) is 0 Å². The molecule has 0 aliphatic carbocycles. The summed E-state index contributed by atoms with van der Waals surface area (Å²) in [6.07, 6.45) is 0.526. The number of carboxylic acids is 1. The Kier molecular flexibility index (Phi) is 4.12. The number of benzene rings is 1. The smallest absolute Gasteiger partial charge is 0.332 e. The van der Waals surface area contributed by atoms with Gasteiger partial charge in [-0.25, -0.2) is 4.79 Å². The number of aryl methyl sites for hydroxylation is 1. The zero-order valence-electron chi connectivity index (χ0n) is 12.1. The summed E-state index contributed by atoms with van der Waals surface area (Å²) < 4.78 is 2.26. The van der Waals surface area contributed by atoms with Crippen molar-refractivity contribution in [3.63, 3.8) is 0 Å². The summed E-state index contributed by atoms with van der Waals surface area (Å²) in [6.45, 7) is -0.242. The number of hydrogen-bond acceptors (Lipinski definition) is 4. The number of hydrogen-bond donors (Lipinski definition) is 1. The fraction of sp³-hybridized carbons (Fsp3) is 0.188. The number of nitrogens with zero attached hydrogens (tertiary/aromatic N) is 2. The van der Waals surface area contributed by atoms with Gasteiger partial charge in [0.2, 0.25) is 0 Å². The van der Waals surface area contributed by atoms with Crippen LogP contribution in [0.4, 0.5) is 0 Å². The first-order valence-electron chi connectivity index (χ1n) is 7.04. The largest absolute Gasteiger partial charge is 0.480 e. The van der Waals surface area contributed by atoms with Crippen LogP contribution in [0.15, 0.2) is 51.4 Å². The van der Waals surface area contributed by atoms with E-state index in [2.05, 4.69) is 0 Å². The minimum Gasteiger partial charge on any atom is -0.480 e. The zero-order chi connectivity index (χ0) is 16.4. The Bertz CT molecular complexity index is 969. The van der Waals surface area contributed by atoms with Crippen molar-refractivity contribution < 1.29 is 9.90 Å². The highest BCUT2D eigenvalue weighted by molar-refractivity contribution is 7.16. The van der Waals surface area contributed by atoms with E-state index in [1.165, 1.54) is 11.3 Å². The maximum absolute atomic E-state index is 12.5. The average molecular weight is 330 g/mol. The zero-order valence-corrected chi connectivity index (χ0v) is 13.0. The first-order chi connectivity index (χ1) is 11.1. The number of rotatable bonds is 5. The summed E-state index contributed by atoms with van der Waals surface area (Å²) in [5, 5.41) is 11.1. The number of carboxylic acid groups (broad SMARTS) is 1. The molecule has 0 amide bonds. The van der Waals surface area contributed by atoms with Crippen LogP contribution >= 0.6 is 11.3 Å². The van der Waals surface area contributed by atoms with Crippen LogP contribution in [0, 0.1) is 0 Å². The summed E-state index contributed by atoms with van der Waals surface area (Å²) in [5.74, 6) is -1.12. The molecule has 23 heavy (non-hydrogen) atoms. The van der Waals surface area contributed by atoms with Crippen LogP contribution in [0.1, 0.15) is 5.56 Å². The predicted octanol–water partition coefficient (Wildman–Crippen LogP) is 1.55. The lowest BCUT2D eigenvalue weighted by Crippen LogP contribution is -2.41. The Labute approximate surface area is 134 Å². The third-order valence-corrected chi connectivity index (χ3v) is 4.52. The maximum atomic E-state index is 12.5. The summed E-state index contributed by atoms with van der Waals surface area (Å²) in [4.78, 5) is 36.4. The van der Waals surface area contributed by atoms with Crippen molar-refractivity contribution >= 4 is 27.5 Å².